The summed E-state index contributed by atoms with van der Waals surface area (Å²) >= 11 is 0. The van der Waals surface area contributed by atoms with Crippen molar-refractivity contribution in [2.24, 2.45) is 5.92 Å². The van der Waals surface area contributed by atoms with Crippen LogP contribution in [0.5, 0.6) is 0 Å². The Bertz CT molecular complexity index is 1570. The molecule has 4 aromatic rings. The summed E-state index contributed by atoms with van der Waals surface area (Å²) in [6, 6.07) is 10.2. The third kappa shape index (κ3) is 6.01. The highest BCUT2D eigenvalue weighted by atomic mass is 19.4. The molecular formula is C27H22F6N4O5. The van der Waals surface area contributed by atoms with Gasteiger partial charge in [-0.05, 0) is 31.0 Å². The van der Waals surface area contributed by atoms with Gasteiger partial charge in [-0.2, -0.15) is 31.3 Å². The summed E-state index contributed by atoms with van der Waals surface area (Å²) in [6.07, 6.45) is -10.3. The normalized spacial score (nSPS) is 17.4. The van der Waals surface area contributed by atoms with E-state index >= 15 is 0 Å². The number of carbonyl (C=O) groups is 1. The first-order valence-electron chi connectivity index (χ1n) is 12.6. The molecule has 1 saturated heterocycles. The number of carboxylic acids is 1. The Labute approximate surface area is 233 Å². The fraction of sp³-hybridized carbons (Fsp3) is 0.333. The van der Waals surface area contributed by atoms with E-state index < -0.39 is 70.2 Å². The summed E-state index contributed by atoms with van der Waals surface area (Å²) in [6.45, 7) is 0.530. The average molecular weight is 596 g/mol. The SMILES string of the molecule is O=C(O)C1CCCN(CC(O)c2ccc(-c3noc(-c4onc(-c5ccccc5)c4C(F)(F)F)n3)c(C(F)(F)F)c2)C1. The molecule has 0 bridgehead atoms. The van der Waals surface area contributed by atoms with Crippen molar-refractivity contribution < 1.29 is 50.4 Å². The van der Waals surface area contributed by atoms with E-state index in [9.17, 15) is 41.4 Å². The highest BCUT2D eigenvalue weighted by molar-refractivity contribution is 5.72. The zero-order valence-electron chi connectivity index (χ0n) is 21.5. The van der Waals surface area contributed by atoms with Gasteiger partial charge >= 0.3 is 18.3 Å². The van der Waals surface area contributed by atoms with Gasteiger partial charge < -0.3 is 19.3 Å². The first-order valence-corrected chi connectivity index (χ1v) is 12.6. The molecule has 2 aromatic heterocycles. The van der Waals surface area contributed by atoms with Gasteiger partial charge in [-0.25, -0.2) is 0 Å². The first-order chi connectivity index (χ1) is 19.8. The van der Waals surface area contributed by atoms with Crippen molar-refractivity contribution in [2.75, 3.05) is 19.6 Å². The number of halogens is 6. The molecule has 15 heteroatoms. The van der Waals surface area contributed by atoms with Crippen molar-refractivity contribution in [3.8, 4) is 34.3 Å². The van der Waals surface area contributed by atoms with E-state index in [2.05, 4.69) is 15.3 Å². The van der Waals surface area contributed by atoms with Crippen LogP contribution in [-0.2, 0) is 17.1 Å². The summed E-state index contributed by atoms with van der Waals surface area (Å²) in [5.41, 5.74) is -3.77. The van der Waals surface area contributed by atoms with E-state index in [0.717, 1.165) is 6.07 Å². The average Bonchev–Trinajstić information content (AvgIpc) is 3.61. The number of β-amino-alcohol motifs (C(OH)–C–C–N with tert-alkyl or cyclic N) is 1. The van der Waals surface area contributed by atoms with Crippen LogP contribution >= 0.6 is 0 Å². The third-order valence-electron chi connectivity index (χ3n) is 6.90. The third-order valence-corrected chi connectivity index (χ3v) is 6.90. The Kier molecular flexibility index (Phi) is 7.81. The van der Waals surface area contributed by atoms with E-state index in [0.29, 0.717) is 25.5 Å². The van der Waals surface area contributed by atoms with Crippen LogP contribution in [0.3, 0.4) is 0 Å². The molecule has 1 aliphatic rings. The quantitative estimate of drug-likeness (QED) is 0.250. The molecule has 222 valence electrons. The molecule has 1 aliphatic heterocycles. The Balaban J connectivity index is 1.46. The van der Waals surface area contributed by atoms with Gasteiger partial charge in [0.2, 0.25) is 11.6 Å². The van der Waals surface area contributed by atoms with E-state index in [1.54, 1.807) is 11.0 Å². The topological polar surface area (TPSA) is 126 Å². The lowest BCUT2D eigenvalue weighted by atomic mass is 9.96. The number of hydrogen-bond donors (Lipinski definition) is 2. The van der Waals surface area contributed by atoms with Crippen molar-refractivity contribution >= 4 is 5.97 Å². The predicted octanol–water partition coefficient (Wildman–Crippen LogP) is 5.93. The van der Waals surface area contributed by atoms with E-state index in [1.807, 2.05) is 0 Å². The molecule has 0 spiro atoms. The Morgan fingerprint density at radius 2 is 1.76 bits per heavy atom. The summed E-state index contributed by atoms with van der Waals surface area (Å²) in [5, 5.41) is 26.9. The highest BCUT2D eigenvalue weighted by Gasteiger charge is 2.43. The van der Waals surface area contributed by atoms with Gasteiger partial charge in [-0.1, -0.05) is 52.8 Å². The summed E-state index contributed by atoms with van der Waals surface area (Å²) < 4.78 is 94.1. The van der Waals surface area contributed by atoms with Crippen LogP contribution in [0.25, 0.3) is 34.3 Å². The second-order valence-electron chi connectivity index (χ2n) is 9.78. The molecule has 3 heterocycles. The van der Waals surface area contributed by atoms with Crippen LogP contribution in [0.2, 0.25) is 0 Å². The number of aliphatic carboxylic acids is 1. The van der Waals surface area contributed by atoms with Crippen LogP contribution < -0.4 is 0 Å². The van der Waals surface area contributed by atoms with Gasteiger partial charge in [-0.3, -0.25) is 9.69 Å². The van der Waals surface area contributed by atoms with E-state index in [-0.39, 0.29) is 24.2 Å². The number of aliphatic hydroxyl groups excluding tert-OH is 1. The van der Waals surface area contributed by atoms with Gasteiger partial charge in [0.15, 0.2) is 0 Å². The van der Waals surface area contributed by atoms with Crippen molar-refractivity contribution in [3.05, 3.63) is 65.2 Å². The molecule has 2 N–H and O–H groups in total. The summed E-state index contributed by atoms with van der Waals surface area (Å²) in [4.78, 5) is 16.7. The number of carboxylic acid groups (broad SMARTS) is 1. The number of hydrogen-bond acceptors (Lipinski definition) is 8. The molecule has 0 aliphatic carbocycles. The van der Waals surface area contributed by atoms with Gasteiger partial charge in [0.1, 0.15) is 11.3 Å². The maximum absolute atomic E-state index is 14.1. The Hall–Kier alpha value is -4.24. The van der Waals surface area contributed by atoms with Crippen LogP contribution in [0.1, 0.15) is 35.6 Å². The Morgan fingerprint density at radius 1 is 1.02 bits per heavy atom. The number of benzene rings is 2. The van der Waals surface area contributed by atoms with Crippen molar-refractivity contribution in [1.29, 1.82) is 0 Å². The number of aromatic nitrogens is 3. The number of piperidine rings is 1. The van der Waals surface area contributed by atoms with Gasteiger partial charge in [-0.15, -0.1) is 0 Å². The lowest BCUT2D eigenvalue weighted by molar-refractivity contribution is -0.144. The lowest BCUT2D eigenvalue weighted by Crippen LogP contribution is -2.40. The molecule has 0 amide bonds. The van der Waals surface area contributed by atoms with Crippen molar-refractivity contribution in [3.63, 3.8) is 0 Å². The number of rotatable bonds is 7. The van der Waals surface area contributed by atoms with E-state index in [4.69, 9.17) is 9.05 Å². The van der Waals surface area contributed by atoms with Crippen LogP contribution in [0.15, 0.2) is 57.6 Å². The fourth-order valence-electron chi connectivity index (χ4n) is 4.89. The van der Waals surface area contributed by atoms with Crippen LogP contribution in [0, 0.1) is 5.92 Å². The van der Waals surface area contributed by atoms with Gasteiger partial charge in [0.25, 0.3) is 5.89 Å². The zero-order chi connectivity index (χ0) is 30.2. The maximum atomic E-state index is 14.1. The van der Waals surface area contributed by atoms with Gasteiger partial charge in [0.05, 0.1) is 17.6 Å². The summed E-state index contributed by atoms with van der Waals surface area (Å²) in [5.74, 6) is -4.08. The minimum Gasteiger partial charge on any atom is -0.481 e. The smallest absolute Gasteiger partial charge is 0.422 e. The minimum atomic E-state index is -4.98. The zero-order valence-corrected chi connectivity index (χ0v) is 21.5. The number of nitrogens with zero attached hydrogens (tertiary/aromatic N) is 4. The molecular weight excluding hydrogens is 574 g/mol. The number of likely N-dealkylation sites (tertiary alicyclic amines) is 1. The minimum absolute atomic E-state index is 0.0797. The second-order valence-corrected chi connectivity index (χ2v) is 9.78. The molecule has 2 unspecified atom stereocenters. The molecule has 9 nitrogen and oxygen atoms in total. The molecule has 2 atom stereocenters. The second kappa shape index (κ2) is 11.2. The van der Waals surface area contributed by atoms with Crippen LogP contribution in [-0.4, -0.2) is 56.0 Å². The van der Waals surface area contributed by atoms with Crippen LogP contribution in [0.4, 0.5) is 26.3 Å². The first kappa shape index (κ1) is 29.3. The molecule has 0 radical (unpaired) electrons. The molecule has 0 saturated carbocycles. The number of alkyl halides is 6. The predicted molar refractivity (Wildman–Crippen MR) is 132 cm³/mol. The van der Waals surface area contributed by atoms with Crippen molar-refractivity contribution in [2.45, 2.75) is 31.3 Å². The highest BCUT2D eigenvalue weighted by Crippen LogP contribution is 2.44. The van der Waals surface area contributed by atoms with Crippen molar-refractivity contribution in [1.82, 2.24) is 20.2 Å². The lowest BCUT2D eigenvalue weighted by Gasteiger charge is -2.32. The maximum Gasteiger partial charge on any atom is 0.422 e. The molecule has 2 aromatic carbocycles. The van der Waals surface area contributed by atoms with E-state index in [1.165, 1.54) is 30.3 Å². The Morgan fingerprint density at radius 3 is 2.43 bits per heavy atom. The summed E-state index contributed by atoms with van der Waals surface area (Å²) in [7, 11) is 0. The molecule has 42 heavy (non-hydrogen) atoms. The number of aliphatic hydroxyl groups is 1. The largest absolute Gasteiger partial charge is 0.481 e. The standard InChI is InChI=1S/C27H22F6N4O5/c28-26(29,30)18-11-15(19(38)13-37-10-4-7-16(12-37)25(39)40)8-9-17(18)23-34-24(42-36-23)22-20(27(31,32)33)21(35-41-22)14-5-2-1-3-6-14/h1-3,5-6,8-9,11,16,19,38H,4,7,10,12-13H2,(H,39,40). The van der Waals surface area contributed by atoms with Gasteiger partial charge in [0, 0.05) is 24.2 Å². The molecule has 5 rings (SSSR count). The molecule has 1 fully saturated rings. The monoisotopic (exact) mass is 596 g/mol. The fourth-order valence-corrected chi connectivity index (χ4v) is 4.89.